The molecule has 2 rings (SSSR count). The lowest BCUT2D eigenvalue weighted by atomic mass is 10.3. The molecule has 7 nitrogen and oxygen atoms in total. The summed E-state index contributed by atoms with van der Waals surface area (Å²) in [4.78, 5) is 4.23. The number of aliphatic imine (C=N–C) groups is 1. The molecule has 1 aromatic carbocycles. The summed E-state index contributed by atoms with van der Waals surface area (Å²) in [7, 11) is -3.45. The Labute approximate surface area is 140 Å². The molecule has 0 aliphatic carbocycles. The first kappa shape index (κ1) is 17.5. The minimum atomic E-state index is -3.45. The molecule has 0 saturated heterocycles. The number of anilines is 1. The number of benzene rings is 1. The number of thioether (sulfide) groups is 1. The standard InChI is InChI=1S/C14H19N5O2S2/c1-4-19(5-2)23(20,21)12-8-6-11(7-9-12)17-18-13-10(3)16-14(15)22-13/h6-9,17H,3-5H2,1-2H3,(H2,15,16)/b18-13-. The minimum absolute atomic E-state index is 0.256. The Morgan fingerprint density at radius 1 is 1.30 bits per heavy atom. The van der Waals surface area contributed by atoms with Gasteiger partial charge in [-0.2, -0.15) is 9.41 Å². The van der Waals surface area contributed by atoms with Crippen molar-refractivity contribution in [2.75, 3.05) is 18.5 Å². The van der Waals surface area contributed by atoms with Crippen LogP contribution in [-0.2, 0) is 10.0 Å². The van der Waals surface area contributed by atoms with Gasteiger partial charge >= 0.3 is 0 Å². The highest BCUT2D eigenvalue weighted by Crippen LogP contribution is 2.22. The van der Waals surface area contributed by atoms with Gasteiger partial charge in [0.2, 0.25) is 10.0 Å². The van der Waals surface area contributed by atoms with Gasteiger partial charge in [-0.05, 0) is 36.0 Å². The summed E-state index contributed by atoms with van der Waals surface area (Å²) in [5.41, 5.74) is 9.58. The second-order valence-electron chi connectivity index (χ2n) is 4.64. The number of sulfonamides is 1. The van der Waals surface area contributed by atoms with Crippen LogP contribution in [-0.4, -0.2) is 36.0 Å². The largest absolute Gasteiger partial charge is 0.378 e. The second-order valence-corrected chi connectivity index (χ2v) is 7.59. The number of nitrogens with two attached hydrogens (primary N) is 1. The van der Waals surface area contributed by atoms with E-state index in [2.05, 4.69) is 22.1 Å². The van der Waals surface area contributed by atoms with Crippen LogP contribution < -0.4 is 11.2 Å². The van der Waals surface area contributed by atoms with E-state index < -0.39 is 10.0 Å². The molecule has 9 heteroatoms. The zero-order chi connectivity index (χ0) is 17.0. The fourth-order valence-electron chi connectivity index (χ4n) is 1.98. The maximum Gasteiger partial charge on any atom is 0.243 e. The normalized spacial score (nSPS) is 16.9. The third kappa shape index (κ3) is 3.92. The molecule has 0 unspecified atom stereocenters. The highest BCUT2D eigenvalue weighted by atomic mass is 32.2. The number of hydrogen-bond acceptors (Lipinski definition) is 7. The van der Waals surface area contributed by atoms with E-state index in [1.807, 2.05) is 13.8 Å². The van der Waals surface area contributed by atoms with E-state index in [1.54, 1.807) is 24.3 Å². The average molecular weight is 353 g/mol. The topological polar surface area (TPSA) is 100 Å². The second kappa shape index (κ2) is 7.16. The van der Waals surface area contributed by atoms with Crippen molar-refractivity contribution in [3.63, 3.8) is 0 Å². The SMILES string of the molecule is C=C1N=C(N)S/C1=N\Nc1ccc(S(=O)(=O)N(CC)CC)cc1. The fourth-order valence-corrected chi connectivity index (χ4v) is 4.05. The van der Waals surface area contributed by atoms with E-state index in [-0.39, 0.29) is 4.90 Å². The van der Waals surface area contributed by atoms with Crippen LogP contribution in [0.4, 0.5) is 5.69 Å². The quantitative estimate of drug-likeness (QED) is 0.762. The average Bonchev–Trinajstić information content (AvgIpc) is 2.84. The lowest BCUT2D eigenvalue weighted by Gasteiger charge is -2.18. The first-order chi connectivity index (χ1) is 10.9. The lowest BCUT2D eigenvalue weighted by Crippen LogP contribution is -2.30. The first-order valence-corrected chi connectivity index (χ1v) is 9.29. The van der Waals surface area contributed by atoms with Crippen LogP contribution in [0.2, 0.25) is 0 Å². The summed E-state index contributed by atoms with van der Waals surface area (Å²) < 4.78 is 26.2. The number of rotatable bonds is 6. The van der Waals surface area contributed by atoms with Crippen LogP contribution >= 0.6 is 11.8 Å². The van der Waals surface area contributed by atoms with E-state index in [0.717, 1.165) is 0 Å². The Morgan fingerprint density at radius 3 is 2.39 bits per heavy atom. The van der Waals surface area contributed by atoms with E-state index >= 15 is 0 Å². The molecule has 3 N–H and O–H groups in total. The number of nitrogens with one attached hydrogen (secondary N) is 1. The molecule has 0 saturated carbocycles. The molecule has 1 aliphatic heterocycles. The van der Waals surface area contributed by atoms with Crippen molar-refractivity contribution in [1.29, 1.82) is 0 Å². The highest BCUT2D eigenvalue weighted by Gasteiger charge is 2.21. The van der Waals surface area contributed by atoms with Crippen molar-refractivity contribution in [2.45, 2.75) is 18.7 Å². The summed E-state index contributed by atoms with van der Waals surface area (Å²) in [6.45, 7) is 8.24. The smallest absolute Gasteiger partial charge is 0.243 e. The van der Waals surface area contributed by atoms with Gasteiger partial charge in [0.1, 0.15) is 5.04 Å². The molecule has 124 valence electrons. The zero-order valence-corrected chi connectivity index (χ0v) is 14.6. The van der Waals surface area contributed by atoms with Gasteiger partial charge in [-0.3, -0.25) is 5.43 Å². The molecule has 23 heavy (non-hydrogen) atoms. The molecule has 1 aromatic rings. The molecular weight excluding hydrogens is 334 g/mol. The third-order valence-corrected chi connectivity index (χ3v) is 6.06. The van der Waals surface area contributed by atoms with Gasteiger partial charge in [0.25, 0.3) is 0 Å². The molecule has 0 radical (unpaired) electrons. The number of nitrogens with zero attached hydrogens (tertiary/aromatic N) is 3. The van der Waals surface area contributed by atoms with E-state index in [0.29, 0.717) is 34.7 Å². The van der Waals surface area contributed by atoms with Gasteiger partial charge in [0.05, 0.1) is 16.3 Å². The van der Waals surface area contributed by atoms with Crippen molar-refractivity contribution in [3.8, 4) is 0 Å². The molecular formula is C14H19N5O2S2. The number of amidine groups is 1. The van der Waals surface area contributed by atoms with Crippen molar-refractivity contribution >= 4 is 37.7 Å². The van der Waals surface area contributed by atoms with Crippen molar-refractivity contribution in [1.82, 2.24) is 4.31 Å². The molecule has 0 bridgehead atoms. The third-order valence-electron chi connectivity index (χ3n) is 3.18. The molecule has 0 fully saturated rings. The van der Waals surface area contributed by atoms with Crippen LogP contribution in [0.3, 0.4) is 0 Å². The molecule has 0 amide bonds. The van der Waals surface area contributed by atoms with Gasteiger partial charge in [-0.15, -0.1) is 0 Å². The van der Waals surface area contributed by atoms with E-state index in [1.165, 1.54) is 16.1 Å². The lowest BCUT2D eigenvalue weighted by molar-refractivity contribution is 0.445. The predicted octanol–water partition coefficient (Wildman–Crippen LogP) is 2.02. The van der Waals surface area contributed by atoms with Gasteiger partial charge < -0.3 is 5.73 Å². The monoisotopic (exact) mass is 353 g/mol. The molecule has 0 spiro atoms. The van der Waals surface area contributed by atoms with Gasteiger partial charge in [0.15, 0.2) is 5.17 Å². The van der Waals surface area contributed by atoms with Crippen molar-refractivity contribution in [2.24, 2.45) is 15.8 Å². The molecule has 0 aromatic heterocycles. The molecule has 1 heterocycles. The first-order valence-electron chi connectivity index (χ1n) is 7.03. The van der Waals surface area contributed by atoms with Gasteiger partial charge in [-0.25, -0.2) is 13.4 Å². The Hall–Kier alpha value is -1.84. The van der Waals surface area contributed by atoms with E-state index in [9.17, 15) is 8.42 Å². The van der Waals surface area contributed by atoms with Gasteiger partial charge in [-0.1, -0.05) is 20.4 Å². The predicted molar refractivity (Wildman–Crippen MR) is 96.0 cm³/mol. The Morgan fingerprint density at radius 2 is 1.91 bits per heavy atom. The Balaban J connectivity index is 2.12. The highest BCUT2D eigenvalue weighted by molar-refractivity contribution is 8.27. The summed E-state index contributed by atoms with van der Waals surface area (Å²) >= 11 is 1.22. The van der Waals surface area contributed by atoms with Crippen LogP contribution in [0.5, 0.6) is 0 Å². The van der Waals surface area contributed by atoms with Crippen LogP contribution in [0.1, 0.15) is 13.8 Å². The Kier molecular flexibility index (Phi) is 5.45. The van der Waals surface area contributed by atoms with Crippen LogP contribution in [0.25, 0.3) is 0 Å². The van der Waals surface area contributed by atoms with E-state index in [4.69, 9.17) is 5.73 Å². The van der Waals surface area contributed by atoms with Crippen molar-refractivity contribution < 1.29 is 8.42 Å². The summed E-state index contributed by atoms with van der Waals surface area (Å²) in [6, 6.07) is 6.43. The summed E-state index contributed by atoms with van der Waals surface area (Å²) in [5.74, 6) is 0. The van der Waals surface area contributed by atoms with Crippen molar-refractivity contribution in [3.05, 3.63) is 36.5 Å². The minimum Gasteiger partial charge on any atom is -0.378 e. The van der Waals surface area contributed by atoms with Crippen LogP contribution in [0, 0.1) is 0 Å². The number of hydrogen-bond donors (Lipinski definition) is 2. The summed E-state index contributed by atoms with van der Waals surface area (Å²) in [6.07, 6.45) is 0. The fraction of sp³-hybridized carbons (Fsp3) is 0.286. The maximum absolute atomic E-state index is 12.4. The molecule has 1 aliphatic rings. The number of hydrazone groups is 1. The summed E-state index contributed by atoms with van der Waals surface area (Å²) in [5, 5.41) is 5.14. The Bertz CT molecular complexity index is 750. The zero-order valence-electron chi connectivity index (χ0n) is 13.0. The maximum atomic E-state index is 12.4. The molecule has 0 atom stereocenters. The van der Waals surface area contributed by atoms with Gasteiger partial charge in [0, 0.05) is 13.1 Å². The van der Waals surface area contributed by atoms with Crippen LogP contribution in [0.15, 0.2) is 51.5 Å².